The topological polar surface area (TPSA) is 57.2 Å². The highest BCUT2D eigenvalue weighted by Crippen LogP contribution is 2.13. The molecule has 0 aromatic heterocycles. The first kappa shape index (κ1) is 23.9. The number of rotatable bonds is 16. The predicted octanol–water partition coefficient (Wildman–Crippen LogP) is 4.70. The summed E-state index contributed by atoms with van der Waals surface area (Å²) in [6.45, 7) is 5.12. The zero-order valence-electron chi connectivity index (χ0n) is 16.6. The van der Waals surface area contributed by atoms with Crippen LogP contribution in [-0.4, -0.2) is 49.9 Å². The lowest BCUT2D eigenvalue weighted by Crippen LogP contribution is -2.47. The quantitative estimate of drug-likeness (QED) is 0.227. The van der Waals surface area contributed by atoms with Gasteiger partial charge in [0.1, 0.15) is 10.1 Å². The van der Waals surface area contributed by atoms with Crippen molar-refractivity contribution in [2.24, 2.45) is 0 Å². The Hall–Kier alpha value is -0.130. The summed E-state index contributed by atoms with van der Waals surface area (Å²) in [5.41, 5.74) is 0. The maximum absolute atomic E-state index is 11.0. The molecule has 0 heterocycles. The molecule has 0 spiro atoms. The number of quaternary nitrogens is 1. The number of unbranched alkanes of at least 4 members (excludes halogenated alkanes) is 11. The van der Waals surface area contributed by atoms with Gasteiger partial charge in [-0.05, 0) is 19.8 Å². The molecule has 0 radical (unpaired) electrons. The predicted molar refractivity (Wildman–Crippen MR) is 102 cm³/mol. The highest BCUT2D eigenvalue weighted by molar-refractivity contribution is 7.86. The molecule has 0 amide bonds. The van der Waals surface area contributed by atoms with Crippen LogP contribution in [0.3, 0.4) is 0 Å². The van der Waals surface area contributed by atoms with Crippen molar-refractivity contribution in [3.8, 4) is 0 Å². The summed E-state index contributed by atoms with van der Waals surface area (Å²) < 4.78 is 33.7. The van der Waals surface area contributed by atoms with Crippen molar-refractivity contribution in [2.75, 3.05) is 27.2 Å². The van der Waals surface area contributed by atoms with Crippen LogP contribution in [0.4, 0.5) is 0 Å². The van der Waals surface area contributed by atoms with Crippen molar-refractivity contribution in [3.05, 3.63) is 0 Å². The second-order valence-electron chi connectivity index (χ2n) is 8.03. The van der Waals surface area contributed by atoms with E-state index in [1.807, 2.05) is 14.1 Å². The average molecular weight is 364 g/mol. The van der Waals surface area contributed by atoms with Crippen molar-refractivity contribution in [1.82, 2.24) is 0 Å². The van der Waals surface area contributed by atoms with Crippen LogP contribution in [0.15, 0.2) is 0 Å². The first-order valence-corrected chi connectivity index (χ1v) is 11.4. The number of nitrogens with zero attached hydrogens (tertiary/aromatic N) is 1. The summed E-state index contributed by atoms with van der Waals surface area (Å²) in [7, 11) is -0.129. The van der Waals surface area contributed by atoms with E-state index in [1.54, 1.807) is 0 Å². The van der Waals surface area contributed by atoms with Crippen LogP contribution >= 0.6 is 0 Å². The molecule has 5 heteroatoms. The van der Waals surface area contributed by atoms with E-state index in [9.17, 15) is 13.0 Å². The highest BCUT2D eigenvalue weighted by Gasteiger charge is 2.22. The molecule has 0 rings (SSSR count). The Kier molecular flexibility index (Phi) is 13.1. The van der Waals surface area contributed by atoms with Gasteiger partial charge in [-0.25, -0.2) is 8.42 Å². The minimum absolute atomic E-state index is 0.407. The third kappa shape index (κ3) is 14.2. The molecule has 0 saturated heterocycles. The van der Waals surface area contributed by atoms with Crippen molar-refractivity contribution >= 4 is 10.1 Å². The Morgan fingerprint density at radius 2 is 1.17 bits per heavy atom. The van der Waals surface area contributed by atoms with Gasteiger partial charge in [0.15, 0.2) is 0 Å². The summed E-state index contributed by atoms with van der Waals surface area (Å²) in [6.07, 6.45) is 15.9. The summed E-state index contributed by atoms with van der Waals surface area (Å²) in [6, 6.07) is 0. The molecule has 1 atom stereocenters. The van der Waals surface area contributed by atoms with Crippen molar-refractivity contribution in [1.29, 1.82) is 0 Å². The fourth-order valence-electron chi connectivity index (χ4n) is 3.26. The van der Waals surface area contributed by atoms with Gasteiger partial charge < -0.3 is 9.04 Å². The first-order valence-electron chi connectivity index (χ1n) is 9.96. The van der Waals surface area contributed by atoms with Crippen molar-refractivity contribution in [3.63, 3.8) is 0 Å². The van der Waals surface area contributed by atoms with Gasteiger partial charge in [0, 0.05) is 0 Å². The van der Waals surface area contributed by atoms with E-state index in [-0.39, 0.29) is 0 Å². The summed E-state index contributed by atoms with van der Waals surface area (Å²) in [5, 5.41) is -0.801. The molecule has 4 nitrogen and oxygen atoms in total. The van der Waals surface area contributed by atoms with Gasteiger partial charge in [0.2, 0.25) is 0 Å². The summed E-state index contributed by atoms with van der Waals surface area (Å²) in [5.74, 6) is 0. The maximum Gasteiger partial charge on any atom is 0.103 e. The Bertz CT molecular complexity index is 393. The summed E-state index contributed by atoms with van der Waals surface area (Å²) >= 11 is 0. The normalized spacial score (nSPS) is 14.0. The molecule has 1 unspecified atom stereocenters. The molecule has 146 valence electrons. The van der Waals surface area contributed by atoms with Gasteiger partial charge in [-0.3, -0.25) is 0 Å². The van der Waals surface area contributed by atoms with E-state index in [4.69, 9.17) is 0 Å². The Balaban J connectivity index is 3.52. The van der Waals surface area contributed by atoms with Crippen molar-refractivity contribution < 1.29 is 17.5 Å². The van der Waals surface area contributed by atoms with Gasteiger partial charge in [-0.1, -0.05) is 71.1 Å². The minimum atomic E-state index is -4.16. The molecule has 0 aromatic rings. The van der Waals surface area contributed by atoms with Gasteiger partial charge in [-0.15, -0.1) is 0 Å². The van der Waals surface area contributed by atoms with Crippen LogP contribution in [0, 0.1) is 0 Å². The largest absolute Gasteiger partial charge is 0.748 e. The molecular weight excluding hydrogens is 322 g/mol. The van der Waals surface area contributed by atoms with E-state index in [0.717, 1.165) is 13.0 Å². The van der Waals surface area contributed by atoms with Crippen LogP contribution in [-0.2, 0) is 10.1 Å². The zero-order valence-corrected chi connectivity index (χ0v) is 17.4. The number of hydrogen-bond acceptors (Lipinski definition) is 3. The van der Waals surface area contributed by atoms with E-state index in [0.29, 0.717) is 11.0 Å². The molecule has 0 saturated carbocycles. The lowest BCUT2D eigenvalue weighted by Gasteiger charge is -2.33. The maximum atomic E-state index is 11.0. The van der Waals surface area contributed by atoms with Gasteiger partial charge >= 0.3 is 0 Å². The van der Waals surface area contributed by atoms with E-state index < -0.39 is 15.4 Å². The highest BCUT2D eigenvalue weighted by atomic mass is 32.2. The fraction of sp³-hybridized carbons (Fsp3) is 1.00. The third-order valence-electron chi connectivity index (χ3n) is 4.86. The lowest BCUT2D eigenvalue weighted by molar-refractivity contribution is -0.890. The van der Waals surface area contributed by atoms with Crippen LogP contribution in [0.2, 0.25) is 0 Å². The van der Waals surface area contributed by atoms with Crippen LogP contribution in [0.25, 0.3) is 0 Å². The molecular formula is C19H41NO3S. The molecule has 0 aliphatic carbocycles. The van der Waals surface area contributed by atoms with Gasteiger partial charge in [0.05, 0.1) is 32.4 Å². The monoisotopic (exact) mass is 363 g/mol. The van der Waals surface area contributed by atoms with E-state index in [2.05, 4.69) is 6.92 Å². The van der Waals surface area contributed by atoms with Gasteiger partial charge in [0.25, 0.3) is 0 Å². The average Bonchev–Trinajstić information content (AvgIpc) is 2.47. The van der Waals surface area contributed by atoms with Crippen LogP contribution in [0.5, 0.6) is 0 Å². The van der Waals surface area contributed by atoms with E-state index in [1.165, 1.54) is 77.6 Å². The molecule has 0 aliphatic rings. The smallest absolute Gasteiger partial charge is 0.103 e. The SMILES string of the molecule is CCCCCCCCCCCCCC[N+](C)(C)CC(C)S(=O)(=O)[O-]. The van der Waals surface area contributed by atoms with Crippen LogP contribution in [0.1, 0.15) is 90.9 Å². The standard InChI is InChI=1S/C19H41NO3S/c1-5-6-7-8-9-10-11-12-13-14-15-16-17-20(3,4)18-19(2)24(21,22)23/h19H,5-18H2,1-4H3. The fourth-order valence-corrected chi connectivity index (χ4v) is 3.85. The second-order valence-corrected chi connectivity index (χ2v) is 9.82. The van der Waals surface area contributed by atoms with Crippen LogP contribution < -0.4 is 0 Å². The third-order valence-corrected chi connectivity index (χ3v) is 6.00. The molecule has 0 fully saturated rings. The second kappa shape index (κ2) is 13.1. The van der Waals surface area contributed by atoms with E-state index >= 15 is 0 Å². The van der Waals surface area contributed by atoms with Gasteiger partial charge in [-0.2, -0.15) is 0 Å². The van der Waals surface area contributed by atoms with Crippen molar-refractivity contribution in [2.45, 2.75) is 96.1 Å². The molecule has 0 bridgehead atoms. The number of hydrogen-bond donors (Lipinski definition) is 0. The zero-order chi connectivity index (χ0) is 18.5. The Morgan fingerprint density at radius 3 is 1.54 bits per heavy atom. The molecule has 24 heavy (non-hydrogen) atoms. The molecule has 0 aliphatic heterocycles. The molecule has 0 aromatic carbocycles. The summed E-state index contributed by atoms with van der Waals surface area (Å²) in [4.78, 5) is 0. The molecule has 0 N–H and O–H groups in total. The first-order chi connectivity index (χ1) is 11.2. The minimum Gasteiger partial charge on any atom is -0.748 e. The Morgan fingerprint density at radius 1 is 0.792 bits per heavy atom. The Labute approximate surface area is 151 Å². The lowest BCUT2D eigenvalue weighted by atomic mass is 10.1.